The molecular weight excluding hydrogens is 324 g/mol. The largest absolute Gasteiger partial charge is 0.455 e. The molecule has 25 heavy (non-hydrogen) atoms. The summed E-state index contributed by atoms with van der Waals surface area (Å²) in [4.78, 5) is 23.8. The fraction of sp³-hybridized carbons (Fsp3) is 0.529. The molecule has 0 fully saturated rings. The Morgan fingerprint density at radius 2 is 2.04 bits per heavy atom. The van der Waals surface area contributed by atoms with Crippen LogP contribution in [0.3, 0.4) is 0 Å². The van der Waals surface area contributed by atoms with Crippen molar-refractivity contribution >= 4 is 17.7 Å². The number of carbonyl (C=O) groups excluding carboxylic acids is 2. The molecule has 0 bridgehead atoms. The lowest BCUT2D eigenvalue weighted by atomic mass is 10.1. The summed E-state index contributed by atoms with van der Waals surface area (Å²) in [5.74, 6) is 0.394. The predicted octanol–water partition coefficient (Wildman–Crippen LogP) is 2.18. The molecule has 0 atom stereocenters. The Kier molecular flexibility index (Phi) is 5.95. The Balaban J connectivity index is 1.88. The van der Waals surface area contributed by atoms with Gasteiger partial charge in [0.2, 0.25) is 0 Å². The van der Waals surface area contributed by atoms with Gasteiger partial charge in [-0.15, -0.1) is 0 Å². The van der Waals surface area contributed by atoms with Gasteiger partial charge >= 0.3 is 5.97 Å². The number of esters is 1. The van der Waals surface area contributed by atoms with Gasteiger partial charge in [0.25, 0.3) is 5.91 Å². The van der Waals surface area contributed by atoms with E-state index >= 15 is 0 Å². The molecule has 0 saturated carbocycles. The molecule has 0 aliphatic heterocycles. The predicted molar refractivity (Wildman–Crippen MR) is 91.1 cm³/mol. The van der Waals surface area contributed by atoms with Crippen molar-refractivity contribution in [2.24, 2.45) is 5.92 Å². The number of anilines is 1. The molecule has 2 rings (SSSR count). The van der Waals surface area contributed by atoms with Gasteiger partial charge in [0.05, 0.1) is 12.1 Å². The number of carbonyl (C=O) groups is 2. The molecule has 0 aliphatic carbocycles. The van der Waals surface area contributed by atoms with Crippen LogP contribution in [0.5, 0.6) is 0 Å². The van der Waals surface area contributed by atoms with Gasteiger partial charge in [0.1, 0.15) is 5.76 Å². The lowest BCUT2D eigenvalue weighted by Crippen LogP contribution is -2.22. The fourth-order valence-corrected chi connectivity index (χ4v) is 2.46. The molecule has 0 aliphatic rings. The van der Waals surface area contributed by atoms with Gasteiger partial charge in [0.15, 0.2) is 12.4 Å². The van der Waals surface area contributed by atoms with Crippen LogP contribution in [0.2, 0.25) is 0 Å². The highest BCUT2D eigenvalue weighted by atomic mass is 16.5. The number of nitrogens with one attached hydrogen (secondary N) is 1. The van der Waals surface area contributed by atoms with Crippen LogP contribution in [0.25, 0.3) is 0 Å². The SMILES string of the molecule is Cc1cc(NC(=O)COC(=O)Cc2c(C)nn(CC(C)C)c2C)no1. The summed E-state index contributed by atoms with van der Waals surface area (Å²) in [6.45, 7) is 10.2. The second kappa shape index (κ2) is 7.96. The van der Waals surface area contributed by atoms with Crippen LogP contribution in [0.1, 0.15) is 36.6 Å². The number of rotatable bonds is 7. The van der Waals surface area contributed by atoms with E-state index in [1.807, 2.05) is 18.5 Å². The molecule has 136 valence electrons. The molecule has 0 radical (unpaired) electrons. The van der Waals surface area contributed by atoms with Gasteiger partial charge in [-0.25, -0.2) is 0 Å². The second-order valence-electron chi connectivity index (χ2n) is 6.43. The topological polar surface area (TPSA) is 99.2 Å². The average molecular weight is 348 g/mol. The zero-order valence-electron chi connectivity index (χ0n) is 15.3. The highest BCUT2D eigenvalue weighted by Crippen LogP contribution is 2.16. The first kappa shape index (κ1) is 18.7. The first-order chi connectivity index (χ1) is 11.8. The van der Waals surface area contributed by atoms with Crippen LogP contribution < -0.4 is 5.32 Å². The Morgan fingerprint density at radius 3 is 2.64 bits per heavy atom. The summed E-state index contributed by atoms with van der Waals surface area (Å²) in [7, 11) is 0. The second-order valence-corrected chi connectivity index (χ2v) is 6.43. The Hall–Kier alpha value is -2.64. The average Bonchev–Trinajstić information content (AvgIpc) is 3.03. The number of nitrogens with zero attached hydrogens (tertiary/aromatic N) is 3. The van der Waals surface area contributed by atoms with Crippen LogP contribution in [0, 0.1) is 26.7 Å². The van der Waals surface area contributed by atoms with E-state index in [9.17, 15) is 9.59 Å². The van der Waals surface area contributed by atoms with Crippen molar-refractivity contribution in [3.8, 4) is 0 Å². The quantitative estimate of drug-likeness (QED) is 0.770. The Labute approximate surface area is 146 Å². The monoisotopic (exact) mass is 348 g/mol. The molecule has 0 spiro atoms. The molecule has 0 unspecified atom stereocenters. The number of aryl methyl sites for hydroxylation is 2. The smallest absolute Gasteiger partial charge is 0.310 e. The summed E-state index contributed by atoms with van der Waals surface area (Å²) in [5, 5.41) is 10.6. The van der Waals surface area contributed by atoms with Crippen molar-refractivity contribution in [2.75, 3.05) is 11.9 Å². The van der Waals surface area contributed by atoms with E-state index in [1.54, 1.807) is 13.0 Å². The summed E-state index contributed by atoms with van der Waals surface area (Å²) >= 11 is 0. The summed E-state index contributed by atoms with van der Waals surface area (Å²) in [6.07, 6.45) is 0.0894. The van der Waals surface area contributed by atoms with Crippen molar-refractivity contribution in [1.82, 2.24) is 14.9 Å². The van der Waals surface area contributed by atoms with Crippen LogP contribution in [-0.4, -0.2) is 33.4 Å². The summed E-state index contributed by atoms with van der Waals surface area (Å²) in [6, 6.07) is 1.58. The van der Waals surface area contributed by atoms with Crippen molar-refractivity contribution in [1.29, 1.82) is 0 Å². The van der Waals surface area contributed by atoms with Gasteiger partial charge in [0, 0.05) is 23.9 Å². The van der Waals surface area contributed by atoms with Crippen LogP contribution >= 0.6 is 0 Å². The minimum absolute atomic E-state index is 0.0894. The number of amides is 1. The van der Waals surface area contributed by atoms with Crippen LogP contribution in [0.15, 0.2) is 10.6 Å². The normalized spacial score (nSPS) is 11.0. The molecule has 2 aromatic rings. The van der Waals surface area contributed by atoms with Crippen molar-refractivity contribution in [3.63, 3.8) is 0 Å². The molecule has 8 heteroatoms. The number of hydrogen-bond acceptors (Lipinski definition) is 6. The van der Waals surface area contributed by atoms with E-state index in [1.165, 1.54) is 0 Å². The van der Waals surface area contributed by atoms with Gasteiger partial charge in [-0.05, 0) is 26.7 Å². The lowest BCUT2D eigenvalue weighted by Gasteiger charge is -2.08. The molecule has 2 heterocycles. The highest BCUT2D eigenvalue weighted by Gasteiger charge is 2.17. The van der Waals surface area contributed by atoms with E-state index in [4.69, 9.17) is 9.26 Å². The van der Waals surface area contributed by atoms with Crippen molar-refractivity contribution in [2.45, 2.75) is 47.6 Å². The zero-order valence-corrected chi connectivity index (χ0v) is 15.3. The van der Waals surface area contributed by atoms with E-state index in [-0.39, 0.29) is 13.0 Å². The lowest BCUT2D eigenvalue weighted by molar-refractivity contribution is -0.146. The minimum Gasteiger partial charge on any atom is -0.455 e. The molecular formula is C17H24N4O4. The molecule has 0 saturated heterocycles. The van der Waals surface area contributed by atoms with Gasteiger partial charge in [-0.1, -0.05) is 19.0 Å². The Bertz CT molecular complexity index is 761. The fourth-order valence-electron chi connectivity index (χ4n) is 2.46. The third-order valence-electron chi connectivity index (χ3n) is 3.65. The number of aromatic nitrogens is 3. The molecule has 0 aromatic carbocycles. The van der Waals surface area contributed by atoms with Crippen LogP contribution in [-0.2, 0) is 27.3 Å². The maximum atomic E-state index is 12.0. The molecule has 2 aromatic heterocycles. The van der Waals surface area contributed by atoms with Gasteiger partial charge in [-0.2, -0.15) is 5.10 Å². The molecule has 1 N–H and O–H groups in total. The third kappa shape index (κ3) is 5.17. The van der Waals surface area contributed by atoms with Crippen molar-refractivity contribution in [3.05, 3.63) is 28.8 Å². The molecule has 1 amide bonds. The molecule has 8 nitrogen and oxygen atoms in total. The van der Waals surface area contributed by atoms with Crippen molar-refractivity contribution < 1.29 is 18.8 Å². The standard InChI is InChI=1S/C17H24N4O4/c1-10(2)8-21-13(5)14(12(4)19-21)7-17(23)24-9-16(22)18-15-6-11(3)25-20-15/h6,10H,7-9H2,1-5H3,(H,18,20,22). The Morgan fingerprint density at radius 1 is 1.32 bits per heavy atom. The van der Waals surface area contributed by atoms with E-state index in [0.29, 0.717) is 17.5 Å². The summed E-state index contributed by atoms with van der Waals surface area (Å²) < 4.78 is 11.8. The van der Waals surface area contributed by atoms with Gasteiger partial charge < -0.3 is 14.6 Å². The number of ether oxygens (including phenoxy) is 1. The van der Waals surface area contributed by atoms with E-state index in [0.717, 1.165) is 23.5 Å². The van der Waals surface area contributed by atoms with E-state index in [2.05, 4.69) is 29.4 Å². The zero-order chi connectivity index (χ0) is 18.6. The first-order valence-corrected chi connectivity index (χ1v) is 8.18. The summed E-state index contributed by atoms with van der Waals surface area (Å²) in [5.41, 5.74) is 2.60. The minimum atomic E-state index is -0.471. The van der Waals surface area contributed by atoms with Crippen LogP contribution in [0.4, 0.5) is 5.82 Å². The number of hydrogen-bond donors (Lipinski definition) is 1. The van der Waals surface area contributed by atoms with E-state index < -0.39 is 11.9 Å². The highest BCUT2D eigenvalue weighted by molar-refractivity contribution is 5.92. The maximum absolute atomic E-state index is 12.0. The maximum Gasteiger partial charge on any atom is 0.310 e. The van der Waals surface area contributed by atoms with Gasteiger partial charge in [-0.3, -0.25) is 14.3 Å². The third-order valence-corrected chi connectivity index (χ3v) is 3.65. The first-order valence-electron chi connectivity index (χ1n) is 8.18.